The largest absolute Gasteiger partial charge is 0.486 e. The predicted octanol–water partition coefficient (Wildman–Crippen LogP) is 16.8. The minimum absolute atomic E-state index is 0. The van der Waals surface area contributed by atoms with E-state index in [4.69, 9.17) is 24.4 Å². The van der Waals surface area contributed by atoms with Gasteiger partial charge in [-0.2, -0.15) is 0 Å². The monoisotopic (exact) mass is 1130 g/mol. The van der Waals surface area contributed by atoms with Gasteiger partial charge in [-0.3, -0.25) is 9.97 Å². The number of nitrogens with zero attached hydrogens (tertiary/aromatic N) is 5. The average Bonchev–Trinajstić information content (AvgIpc) is 3.89. The zero-order chi connectivity index (χ0) is 50.0. The van der Waals surface area contributed by atoms with Crippen LogP contribution in [0, 0.1) is 25.0 Å². The maximum absolute atomic E-state index is 6.64. The molecule has 0 spiro atoms. The Morgan fingerprint density at radius 2 is 1.41 bits per heavy atom. The van der Waals surface area contributed by atoms with Crippen LogP contribution in [0.3, 0.4) is 0 Å². The van der Waals surface area contributed by atoms with Gasteiger partial charge in [0.05, 0.1) is 36.0 Å². The molecule has 10 rings (SSSR count). The molecular formula is C63H69IrN5OSi-2. The number of hydrogen-bond acceptors (Lipinski definition) is 5. The van der Waals surface area contributed by atoms with Crippen molar-refractivity contribution in [1.82, 2.24) is 24.5 Å². The van der Waals surface area contributed by atoms with E-state index in [0.717, 1.165) is 78.7 Å². The van der Waals surface area contributed by atoms with Gasteiger partial charge in [0.2, 0.25) is 5.71 Å². The van der Waals surface area contributed by atoms with Gasteiger partial charge in [-0.05, 0) is 118 Å². The second-order valence-electron chi connectivity index (χ2n) is 22.7. The number of aryl methyl sites for hydroxylation is 1. The molecule has 0 amide bonds. The fourth-order valence-electron chi connectivity index (χ4n) is 10.1. The molecule has 5 aromatic carbocycles. The van der Waals surface area contributed by atoms with Crippen LogP contribution in [0.5, 0.6) is 0 Å². The fraction of sp³-hybridized carbons (Fsp3) is 0.333. The third kappa shape index (κ3) is 10.1. The van der Waals surface area contributed by atoms with Gasteiger partial charge in [0.25, 0.3) is 0 Å². The molecule has 0 aliphatic rings. The number of imidazole rings is 1. The number of fused-ring (bicyclic) bond motifs is 7. The van der Waals surface area contributed by atoms with E-state index in [9.17, 15) is 0 Å². The summed E-state index contributed by atoms with van der Waals surface area (Å²) in [7, 11) is -1.38. The van der Waals surface area contributed by atoms with E-state index >= 15 is 0 Å². The van der Waals surface area contributed by atoms with Crippen molar-refractivity contribution in [3.05, 3.63) is 155 Å². The van der Waals surface area contributed by atoms with Gasteiger partial charge in [-0.25, -0.2) is 4.98 Å². The first-order valence-corrected chi connectivity index (χ1v) is 28.8. The van der Waals surface area contributed by atoms with Crippen molar-refractivity contribution in [3.63, 3.8) is 0 Å². The number of benzene rings is 5. The van der Waals surface area contributed by atoms with E-state index in [1.807, 2.05) is 19.1 Å². The van der Waals surface area contributed by atoms with E-state index in [1.54, 1.807) is 0 Å². The van der Waals surface area contributed by atoms with Crippen LogP contribution in [0.4, 0.5) is 0 Å². The first-order valence-electron chi connectivity index (χ1n) is 25.3. The third-order valence-electron chi connectivity index (χ3n) is 13.6. The third-order valence-corrected chi connectivity index (χ3v) is 15.7. The van der Waals surface area contributed by atoms with Crippen LogP contribution >= 0.6 is 0 Å². The van der Waals surface area contributed by atoms with Crippen LogP contribution in [0.25, 0.3) is 83.1 Å². The number of furan rings is 1. The Bertz CT molecular complexity index is 3580. The summed E-state index contributed by atoms with van der Waals surface area (Å²) in [5.41, 5.74) is 16.0. The number of aromatic nitrogens is 5. The second-order valence-corrected chi connectivity index (χ2v) is 27.8. The minimum Gasteiger partial charge on any atom is -0.486 e. The van der Waals surface area contributed by atoms with Gasteiger partial charge in [0.15, 0.2) is 0 Å². The molecule has 8 heteroatoms. The van der Waals surface area contributed by atoms with Crippen LogP contribution in [0.1, 0.15) is 128 Å². The summed E-state index contributed by atoms with van der Waals surface area (Å²) in [5, 5.41) is 7.09. The van der Waals surface area contributed by atoms with E-state index in [0.29, 0.717) is 17.5 Å². The molecule has 10 aromatic rings. The van der Waals surface area contributed by atoms with Gasteiger partial charge in [0.1, 0.15) is 0 Å². The molecule has 71 heavy (non-hydrogen) atoms. The van der Waals surface area contributed by atoms with Gasteiger partial charge in [-0.15, -0.1) is 53.6 Å². The molecular weight excluding hydrogens is 1060 g/mol. The van der Waals surface area contributed by atoms with Crippen LogP contribution in [-0.2, 0) is 31.9 Å². The van der Waals surface area contributed by atoms with E-state index in [-0.39, 0.29) is 37.4 Å². The van der Waals surface area contributed by atoms with Crippen LogP contribution in [-0.4, -0.2) is 32.6 Å². The van der Waals surface area contributed by atoms with Crippen molar-refractivity contribution >= 4 is 68.0 Å². The Kier molecular flexibility index (Phi) is 14.5. The SMILES string of the molecule is CC(C)Cc1cc(-c2[c-]ccc(C(C)(C)C)c2)ncc1[Si](C)(C)C.Cc1ccc2c(ccc3nc(-c4[c-]ccc5c4oc4nc(C(C)C)ccc45)n(-c4c(C(C)C)cc5ccccc5c4C(C)C)c32)n1.[Ir]. The first kappa shape index (κ1) is 51.6. The Hall–Kier alpha value is -5.79. The Morgan fingerprint density at radius 1 is 0.690 bits per heavy atom. The molecule has 0 N–H and O–H groups in total. The molecule has 0 saturated heterocycles. The van der Waals surface area contributed by atoms with Crippen LogP contribution < -0.4 is 5.19 Å². The van der Waals surface area contributed by atoms with E-state index in [2.05, 4.69) is 210 Å². The zero-order valence-corrected chi connectivity index (χ0v) is 47.8. The van der Waals surface area contributed by atoms with Crippen molar-refractivity contribution in [2.45, 2.75) is 132 Å². The molecule has 1 radical (unpaired) electrons. The Morgan fingerprint density at radius 3 is 2.10 bits per heavy atom. The van der Waals surface area contributed by atoms with Crippen molar-refractivity contribution in [3.8, 4) is 28.3 Å². The predicted molar refractivity (Wildman–Crippen MR) is 299 cm³/mol. The van der Waals surface area contributed by atoms with E-state index in [1.165, 1.54) is 43.9 Å². The molecule has 367 valence electrons. The molecule has 0 atom stereocenters. The fourth-order valence-corrected chi connectivity index (χ4v) is 11.6. The normalized spacial score (nSPS) is 12.3. The molecule has 0 fully saturated rings. The van der Waals surface area contributed by atoms with Crippen LogP contribution in [0.15, 0.2) is 114 Å². The Labute approximate surface area is 436 Å². The topological polar surface area (TPSA) is 69.6 Å². The van der Waals surface area contributed by atoms with Crippen LogP contribution in [0.2, 0.25) is 19.6 Å². The summed E-state index contributed by atoms with van der Waals surface area (Å²) in [6.07, 6.45) is 3.25. The first-order chi connectivity index (χ1) is 33.2. The van der Waals surface area contributed by atoms with Gasteiger partial charge >= 0.3 is 0 Å². The summed E-state index contributed by atoms with van der Waals surface area (Å²) < 4.78 is 9.02. The van der Waals surface area contributed by atoms with Crippen molar-refractivity contribution in [2.75, 3.05) is 0 Å². The molecule has 0 aliphatic carbocycles. The van der Waals surface area contributed by atoms with Crippen molar-refractivity contribution < 1.29 is 24.5 Å². The van der Waals surface area contributed by atoms with Gasteiger partial charge in [-0.1, -0.05) is 143 Å². The number of pyridine rings is 3. The maximum Gasteiger partial charge on any atom is 0.216 e. The van der Waals surface area contributed by atoms with Gasteiger partial charge in [0, 0.05) is 54.1 Å². The summed E-state index contributed by atoms with van der Waals surface area (Å²) in [5.74, 6) is 2.28. The van der Waals surface area contributed by atoms with Gasteiger partial charge < -0.3 is 14.0 Å². The molecule has 5 aromatic heterocycles. The molecule has 6 nitrogen and oxygen atoms in total. The minimum atomic E-state index is -1.38. The Balaban J connectivity index is 0.000000230. The molecule has 0 unspecified atom stereocenters. The maximum atomic E-state index is 6.64. The smallest absolute Gasteiger partial charge is 0.216 e. The second kappa shape index (κ2) is 20.0. The molecule has 5 heterocycles. The standard InChI is InChI=1S/C41H37N4O.C22H32NSi.Ir/c1-22(2)32-21-26-11-8-9-12-27(26)36(24(5)6)38(32)45-37-30-16-15-25(7)42-34(30)19-20-35(37)43-40(45)31-14-10-13-28-29-17-18-33(23(3)4)44-41(29)46-39(28)31;1-16(2)12-18-14-20(23-15-21(18)24(6,7)8)17-10-9-11-19(13-17)22(3,4)5;/h8-13,15-24H,1-7H3;9,11,13-16H,12H2,1-8H3;/q2*-1;. The quantitative estimate of drug-likeness (QED) is 0.106. The molecule has 0 saturated carbocycles. The summed E-state index contributed by atoms with van der Waals surface area (Å²) in [6.45, 7) is 34.0. The number of hydrogen-bond donors (Lipinski definition) is 0. The average molecular weight is 1130 g/mol. The van der Waals surface area contributed by atoms with E-state index < -0.39 is 8.07 Å². The molecule has 0 bridgehead atoms. The van der Waals surface area contributed by atoms with Crippen molar-refractivity contribution in [2.24, 2.45) is 5.92 Å². The summed E-state index contributed by atoms with van der Waals surface area (Å²) in [6, 6.07) is 43.6. The molecule has 0 aliphatic heterocycles. The van der Waals surface area contributed by atoms with Crippen molar-refractivity contribution in [1.29, 1.82) is 0 Å². The summed E-state index contributed by atoms with van der Waals surface area (Å²) in [4.78, 5) is 20.1. The number of rotatable bonds is 9. The zero-order valence-electron chi connectivity index (χ0n) is 44.4. The summed E-state index contributed by atoms with van der Waals surface area (Å²) >= 11 is 0.